The lowest BCUT2D eigenvalue weighted by Crippen LogP contribution is -2.13. The van der Waals surface area contributed by atoms with Gasteiger partial charge in [-0.05, 0) is 80.3 Å². The minimum Gasteiger partial charge on any atom is -0.487 e. The summed E-state index contributed by atoms with van der Waals surface area (Å²) < 4.78 is 5.87. The lowest BCUT2D eigenvalue weighted by atomic mass is 10.1. The number of rotatable bonds is 6. The first-order valence-corrected chi connectivity index (χ1v) is 10.6. The van der Waals surface area contributed by atoms with E-state index in [1.807, 2.05) is 52.0 Å². The minimum absolute atomic E-state index is 0.0109. The van der Waals surface area contributed by atoms with E-state index < -0.39 is 5.91 Å². The zero-order chi connectivity index (χ0) is 23.3. The molecule has 162 valence electrons. The van der Waals surface area contributed by atoms with E-state index in [1.54, 1.807) is 18.2 Å². The van der Waals surface area contributed by atoms with Gasteiger partial charge in [-0.3, -0.25) is 4.79 Å². The Balaban J connectivity index is 1.72. The van der Waals surface area contributed by atoms with Gasteiger partial charge in [-0.2, -0.15) is 5.26 Å². The molecule has 0 spiro atoms. The molecule has 0 aliphatic carbocycles. The number of anilines is 1. The third kappa shape index (κ3) is 6.00. The lowest BCUT2D eigenvalue weighted by molar-refractivity contribution is -0.112. The third-order valence-corrected chi connectivity index (χ3v) is 5.37. The average molecular weight is 445 g/mol. The van der Waals surface area contributed by atoms with E-state index in [0.29, 0.717) is 28.6 Å². The van der Waals surface area contributed by atoms with Crippen LogP contribution in [0.5, 0.6) is 5.75 Å². The fourth-order valence-corrected chi connectivity index (χ4v) is 3.61. The summed E-state index contributed by atoms with van der Waals surface area (Å²) in [7, 11) is 0. The molecular weight excluding hydrogens is 420 g/mol. The van der Waals surface area contributed by atoms with Crippen LogP contribution in [0.1, 0.15) is 33.4 Å². The van der Waals surface area contributed by atoms with Gasteiger partial charge in [0.2, 0.25) is 0 Å². The maximum Gasteiger partial charge on any atom is 0.266 e. The van der Waals surface area contributed by atoms with Crippen molar-refractivity contribution in [2.75, 3.05) is 5.32 Å². The number of hydrogen-bond donors (Lipinski definition) is 1. The number of benzene rings is 3. The summed E-state index contributed by atoms with van der Waals surface area (Å²) in [6.45, 7) is 8.47. The van der Waals surface area contributed by atoms with E-state index in [1.165, 1.54) is 17.2 Å². The zero-order valence-electron chi connectivity index (χ0n) is 18.6. The Morgan fingerprint density at radius 1 is 1.00 bits per heavy atom. The number of nitriles is 1. The van der Waals surface area contributed by atoms with Crippen LogP contribution in [0.3, 0.4) is 0 Å². The fourth-order valence-electron chi connectivity index (χ4n) is 3.37. The second kappa shape index (κ2) is 10.2. The van der Waals surface area contributed by atoms with Crippen molar-refractivity contribution in [3.8, 4) is 11.8 Å². The van der Waals surface area contributed by atoms with Crippen LogP contribution in [0.25, 0.3) is 6.08 Å². The van der Waals surface area contributed by atoms with Crippen molar-refractivity contribution in [3.05, 3.63) is 98.6 Å². The second-order valence-electron chi connectivity index (χ2n) is 7.90. The third-order valence-electron chi connectivity index (χ3n) is 5.07. The van der Waals surface area contributed by atoms with Gasteiger partial charge < -0.3 is 10.1 Å². The molecule has 0 radical (unpaired) electrons. The highest BCUT2D eigenvalue weighted by atomic mass is 35.5. The van der Waals surface area contributed by atoms with Crippen LogP contribution < -0.4 is 10.1 Å². The average Bonchev–Trinajstić information content (AvgIpc) is 2.73. The molecule has 0 fully saturated rings. The highest BCUT2D eigenvalue weighted by Gasteiger charge is 2.11. The van der Waals surface area contributed by atoms with Crippen molar-refractivity contribution in [1.29, 1.82) is 5.26 Å². The largest absolute Gasteiger partial charge is 0.487 e. The molecule has 0 atom stereocenters. The second-order valence-corrected chi connectivity index (χ2v) is 8.30. The van der Waals surface area contributed by atoms with Crippen LogP contribution in [0, 0.1) is 39.0 Å². The molecule has 1 N–H and O–H groups in total. The molecule has 3 rings (SSSR count). The quantitative estimate of drug-likeness (QED) is 0.340. The maximum atomic E-state index is 12.6. The number of nitrogens with zero attached hydrogens (tertiary/aromatic N) is 1. The summed E-state index contributed by atoms with van der Waals surface area (Å²) in [6.07, 6.45) is 1.51. The van der Waals surface area contributed by atoms with Crippen molar-refractivity contribution in [3.63, 3.8) is 0 Å². The molecule has 0 saturated carbocycles. The van der Waals surface area contributed by atoms with Gasteiger partial charge in [0.05, 0.1) is 5.02 Å². The lowest BCUT2D eigenvalue weighted by Gasteiger charge is -2.10. The number of carbonyl (C=O) groups is 1. The van der Waals surface area contributed by atoms with E-state index >= 15 is 0 Å². The maximum absolute atomic E-state index is 12.6. The number of carbonyl (C=O) groups excluding carboxylic acids is 1. The number of amides is 1. The normalized spacial score (nSPS) is 11.1. The van der Waals surface area contributed by atoms with E-state index in [9.17, 15) is 10.1 Å². The SMILES string of the molecule is Cc1cc(C)cc(COc2ccc(/C=C(\C#N)C(=O)Nc3ccc(C)c(C)c3)cc2Cl)c1. The van der Waals surface area contributed by atoms with Gasteiger partial charge in [-0.15, -0.1) is 0 Å². The van der Waals surface area contributed by atoms with E-state index in [-0.39, 0.29) is 5.57 Å². The van der Waals surface area contributed by atoms with Gasteiger partial charge in [-0.25, -0.2) is 0 Å². The summed E-state index contributed by atoms with van der Waals surface area (Å²) >= 11 is 6.39. The smallest absolute Gasteiger partial charge is 0.266 e. The first kappa shape index (κ1) is 23.1. The molecule has 0 aromatic heterocycles. The molecule has 0 saturated heterocycles. The molecule has 5 heteroatoms. The summed E-state index contributed by atoms with van der Waals surface area (Å²) in [5, 5.41) is 12.7. The predicted molar refractivity (Wildman–Crippen MR) is 130 cm³/mol. The van der Waals surface area contributed by atoms with Crippen LogP contribution in [0.2, 0.25) is 5.02 Å². The van der Waals surface area contributed by atoms with Crippen LogP contribution in [-0.2, 0) is 11.4 Å². The Labute approximate surface area is 194 Å². The molecule has 3 aromatic carbocycles. The van der Waals surface area contributed by atoms with Crippen molar-refractivity contribution >= 4 is 29.3 Å². The van der Waals surface area contributed by atoms with Crippen LogP contribution in [0.15, 0.2) is 60.2 Å². The Bertz CT molecular complexity index is 1220. The van der Waals surface area contributed by atoms with Crippen LogP contribution in [-0.4, -0.2) is 5.91 Å². The molecule has 0 unspecified atom stereocenters. The number of nitrogens with one attached hydrogen (secondary N) is 1. The van der Waals surface area contributed by atoms with E-state index in [4.69, 9.17) is 16.3 Å². The molecule has 4 nitrogen and oxygen atoms in total. The van der Waals surface area contributed by atoms with Crippen molar-refractivity contribution in [2.24, 2.45) is 0 Å². The molecule has 0 heterocycles. The fraction of sp³-hybridized carbons (Fsp3) is 0.185. The number of ether oxygens (including phenoxy) is 1. The molecule has 0 bridgehead atoms. The van der Waals surface area contributed by atoms with Crippen molar-refractivity contribution in [1.82, 2.24) is 0 Å². The molecule has 32 heavy (non-hydrogen) atoms. The van der Waals surface area contributed by atoms with Gasteiger partial charge in [0.1, 0.15) is 24.0 Å². The predicted octanol–water partition coefficient (Wildman–Crippen LogP) is 6.70. The van der Waals surface area contributed by atoms with Gasteiger partial charge in [0, 0.05) is 5.69 Å². The standard InChI is InChI=1S/C27H25ClN2O2/c1-17-9-18(2)11-22(10-17)16-32-26-8-6-21(14-25(26)28)13-23(15-29)27(31)30-24-7-5-19(3)20(4)12-24/h5-14H,16H2,1-4H3,(H,30,31)/b23-13+. The van der Waals surface area contributed by atoms with Crippen molar-refractivity contribution in [2.45, 2.75) is 34.3 Å². The van der Waals surface area contributed by atoms with Gasteiger partial charge >= 0.3 is 0 Å². The first-order chi connectivity index (χ1) is 15.2. The summed E-state index contributed by atoms with van der Waals surface area (Å²) in [6, 6.07) is 19.0. The molecule has 0 aliphatic rings. The summed E-state index contributed by atoms with van der Waals surface area (Å²) in [4.78, 5) is 12.6. The van der Waals surface area contributed by atoms with E-state index in [0.717, 1.165) is 16.7 Å². The molecule has 1 amide bonds. The summed E-state index contributed by atoms with van der Waals surface area (Å²) in [5.74, 6) is 0.0723. The number of halogens is 1. The number of hydrogen-bond acceptors (Lipinski definition) is 3. The van der Waals surface area contributed by atoms with Crippen LogP contribution >= 0.6 is 11.6 Å². The van der Waals surface area contributed by atoms with E-state index in [2.05, 4.69) is 23.5 Å². The molecule has 3 aromatic rings. The van der Waals surface area contributed by atoms with Gasteiger partial charge in [0.25, 0.3) is 5.91 Å². The summed E-state index contributed by atoms with van der Waals surface area (Å²) in [5.41, 5.74) is 6.90. The Hall–Kier alpha value is -3.55. The monoisotopic (exact) mass is 444 g/mol. The first-order valence-electron chi connectivity index (χ1n) is 10.2. The zero-order valence-corrected chi connectivity index (χ0v) is 19.4. The van der Waals surface area contributed by atoms with Gasteiger partial charge in [0.15, 0.2) is 0 Å². The van der Waals surface area contributed by atoms with Crippen molar-refractivity contribution < 1.29 is 9.53 Å². The van der Waals surface area contributed by atoms with Gasteiger partial charge in [-0.1, -0.05) is 53.1 Å². The molecule has 0 aliphatic heterocycles. The van der Waals surface area contributed by atoms with Crippen LogP contribution in [0.4, 0.5) is 5.69 Å². The Morgan fingerprint density at radius 2 is 1.72 bits per heavy atom. The molecular formula is C27H25ClN2O2. The topological polar surface area (TPSA) is 62.1 Å². The number of aryl methyl sites for hydroxylation is 4. The highest BCUT2D eigenvalue weighted by molar-refractivity contribution is 6.32. The Morgan fingerprint density at radius 3 is 2.34 bits per heavy atom. The highest BCUT2D eigenvalue weighted by Crippen LogP contribution is 2.27. The Kier molecular flexibility index (Phi) is 7.35. The minimum atomic E-state index is -0.470.